The van der Waals surface area contributed by atoms with Crippen LogP contribution in [0.5, 0.6) is 23.0 Å². The van der Waals surface area contributed by atoms with Crippen molar-refractivity contribution in [2.75, 3.05) is 19.8 Å². The van der Waals surface area contributed by atoms with Gasteiger partial charge in [-0.15, -0.1) is 0 Å². The fourth-order valence-electron chi connectivity index (χ4n) is 4.78. The van der Waals surface area contributed by atoms with Gasteiger partial charge < -0.3 is 19.1 Å². The number of hydrogen-bond acceptors (Lipinski definition) is 7. The van der Waals surface area contributed by atoms with Crippen LogP contribution in [-0.4, -0.2) is 47.7 Å². The molecule has 2 aliphatic heterocycles. The maximum absolute atomic E-state index is 13.0. The Balaban J connectivity index is 1.19. The number of amides is 1. The van der Waals surface area contributed by atoms with Crippen LogP contribution in [0.3, 0.4) is 0 Å². The monoisotopic (exact) mass is 529 g/mol. The molecule has 39 heavy (non-hydrogen) atoms. The fraction of sp³-hybridized carbons (Fsp3) is 0.333. The van der Waals surface area contributed by atoms with E-state index in [1.807, 2.05) is 56.2 Å². The van der Waals surface area contributed by atoms with Crippen molar-refractivity contribution >= 4 is 23.5 Å². The SMILES string of the molecule is Cc1ccc(Oc2cc(OCCCOc3cc4c(cc3C)C(=O)N3CCC[C@H]3C=N4)ccc2[N+](=O)[O-])cc1C. The lowest BCUT2D eigenvalue weighted by molar-refractivity contribution is -0.385. The molecule has 9 heteroatoms. The van der Waals surface area contributed by atoms with Gasteiger partial charge in [0.05, 0.1) is 35.4 Å². The van der Waals surface area contributed by atoms with Crippen LogP contribution >= 0.6 is 0 Å². The Hall–Kier alpha value is -4.40. The number of nitro groups is 1. The molecule has 1 saturated heterocycles. The van der Waals surface area contributed by atoms with E-state index in [-0.39, 0.29) is 23.4 Å². The lowest BCUT2D eigenvalue weighted by atomic mass is 10.1. The second kappa shape index (κ2) is 11.1. The molecule has 0 N–H and O–H groups in total. The van der Waals surface area contributed by atoms with Crippen LogP contribution in [0.2, 0.25) is 0 Å². The molecule has 3 aromatic carbocycles. The molecule has 0 spiro atoms. The molecule has 5 rings (SSSR count). The van der Waals surface area contributed by atoms with Crippen molar-refractivity contribution in [2.45, 2.75) is 46.1 Å². The van der Waals surface area contributed by atoms with Crippen molar-refractivity contribution in [3.05, 3.63) is 80.9 Å². The normalized spacial score (nSPS) is 15.9. The van der Waals surface area contributed by atoms with E-state index in [1.165, 1.54) is 12.1 Å². The van der Waals surface area contributed by atoms with E-state index < -0.39 is 4.92 Å². The Morgan fingerprint density at radius 2 is 1.74 bits per heavy atom. The van der Waals surface area contributed by atoms with Crippen molar-refractivity contribution < 1.29 is 23.9 Å². The molecule has 3 aromatic rings. The molecule has 0 aliphatic carbocycles. The summed E-state index contributed by atoms with van der Waals surface area (Å²) in [6, 6.07) is 13.8. The van der Waals surface area contributed by atoms with Crippen LogP contribution in [0.25, 0.3) is 0 Å². The topological polar surface area (TPSA) is 104 Å². The summed E-state index contributed by atoms with van der Waals surface area (Å²) < 4.78 is 17.7. The van der Waals surface area contributed by atoms with Crippen LogP contribution in [-0.2, 0) is 0 Å². The van der Waals surface area contributed by atoms with E-state index in [4.69, 9.17) is 14.2 Å². The van der Waals surface area contributed by atoms with Gasteiger partial charge in [-0.3, -0.25) is 19.9 Å². The summed E-state index contributed by atoms with van der Waals surface area (Å²) >= 11 is 0. The van der Waals surface area contributed by atoms with Crippen LogP contribution in [0, 0.1) is 30.9 Å². The molecule has 1 fully saturated rings. The first kappa shape index (κ1) is 26.2. The third-order valence-electron chi connectivity index (χ3n) is 7.12. The quantitative estimate of drug-likeness (QED) is 0.179. The molecule has 0 unspecified atom stereocenters. The molecular formula is C30H31N3O6. The summed E-state index contributed by atoms with van der Waals surface area (Å²) in [6.45, 7) is 7.37. The van der Waals surface area contributed by atoms with Crippen LogP contribution in [0.15, 0.2) is 53.5 Å². The van der Waals surface area contributed by atoms with Crippen molar-refractivity contribution in [3.8, 4) is 23.0 Å². The number of fused-ring (bicyclic) bond motifs is 2. The maximum Gasteiger partial charge on any atom is 0.311 e. The van der Waals surface area contributed by atoms with Gasteiger partial charge >= 0.3 is 5.69 Å². The highest BCUT2D eigenvalue weighted by atomic mass is 16.6. The Kier molecular flexibility index (Phi) is 7.49. The van der Waals surface area contributed by atoms with Gasteiger partial charge in [0.1, 0.15) is 17.2 Å². The number of aryl methyl sites for hydroxylation is 3. The van der Waals surface area contributed by atoms with Gasteiger partial charge in [0, 0.05) is 37.4 Å². The summed E-state index contributed by atoms with van der Waals surface area (Å²) in [5.41, 5.74) is 4.13. The predicted molar refractivity (Wildman–Crippen MR) is 148 cm³/mol. The van der Waals surface area contributed by atoms with Crippen molar-refractivity contribution in [2.24, 2.45) is 4.99 Å². The van der Waals surface area contributed by atoms with Crippen LogP contribution < -0.4 is 14.2 Å². The lowest BCUT2D eigenvalue weighted by Crippen LogP contribution is -2.35. The smallest absolute Gasteiger partial charge is 0.311 e. The van der Waals surface area contributed by atoms with E-state index in [0.717, 1.165) is 36.1 Å². The van der Waals surface area contributed by atoms with Gasteiger partial charge in [0.25, 0.3) is 5.91 Å². The van der Waals surface area contributed by atoms with E-state index in [2.05, 4.69) is 4.99 Å². The van der Waals surface area contributed by atoms with E-state index >= 15 is 0 Å². The molecule has 0 aromatic heterocycles. The number of nitro benzene ring substituents is 1. The highest BCUT2D eigenvalue weighted by Gasteiger charge is 2.32. The minimum absolute atomic E-state index is 0.0250. The molecule has 2 aliphatic rings. The first-order valence-electron chi connectivity index (χ1n) is 13.1. The summed E-state index contributed by atoms with van der Waals surface area (Å²) in [4.78, 5) is 30.5. The molecule has 0 radical (unpaired) electrons. The number of carbonyl (C=O) groups excluding carboxylic acids is 1. The minimum Gasteiger partial charge on any atom is -0.493 e. The molecular weight excluding hydrogens is 498 g/mol. The molecule has 0 saturated carbocycles. The standard InChI is InChI=1S/C30H31N3O6/c1-19-7-8-24(14-20(19)2)39-29-16-23(9-10-27(29)33(35)36)37-12-5-13-38-28-17-26-25(15-21(28)3)30(34)32-11-4-6-22(32)18-31-26/h7-10,14-18,22H,4-6,11-13H2,1-3H3/t22-/m0/s1. The van der Waals surface area contributed by atoms with Gasteiger partial charge in [-0.05, 0) is 74.6 Å². The predicted octanol–water partition coefficient (Wildman–Crippen LogP) is 6.48. The van der Waals surface area contributed by atoms with E-state index in [1.54, 1.807) is 12.1 Å². The van der Waals surface area contributed by atoms with Crippen LogP contribution in [0.1, 0.15) is 46.3 Å². The number of ether oxygens (including phenoxy) is 3. The molecule has 202 valence electrons. The molecule has 9 nitrogen and oxygen atoms in total. The molecule has 1 amide bonds. The molecule has 2 heterocycles. The average Bonchev–Trinajstić information content (AvgIpc) is 3.34. The summed E-state index contributed by atoms with van der Waals surface area (Å²) in [5, 5.41) is 11.5. The Morgan fingerprint density at radius 3 is 2.54 bits per heavy atom. The van der Waals surface area contributed by atoms with E-state index in [9.17, 15) is 14.9 Å². The number of nitrogens with zero attached hydrogens (tertiary/aromatic N) is 3. The minimum atomic E-state index is -0.474. The summed E-state index contributed by atoms with van der Waals surface area (Å²) in [5.74, 6) is 1.81. The zero-order chi connectivity index (χ0) is 27.5. The van der Waals surface area contributed by atoms with Gasteiger partial charge in [-0.2, -0.15) is 0 Å². The van der Waals surface area contributed by atoms with Gasteiger partial charge in [0.2, 0.25) is 5.75 Å². The zero-order valence-electron chi connectivity index (χ0n) is 22.3. The number of rotatable bonds is 9. The fourth-order valence-corrected chi connectivity index (χ4v) is 4.78. The highest BCUT2D eigenvalue weighted by molar-refractivity contribution is 6.03. The average molecular weight is 530 g/mol. The van der Waals surface area contributed by atoms with Crippen LogP contribution in [0.4, 0.5) is 11.4 Å². The number of aliphatic imine (C=N–C) groups is 1. The zero-order valence-corrected chi connectivity index (χ0v) is 22.3. The Labute approximate surface area is 227 Å². The second-order valence-corrected chi connectivity index (χ2v) is 9.91. The summed E-state index contributed by atoms with van der Waals surface area (Å²) in [6.07, 6.45) is 4.39. The summed E-state index contributed by atoms with van der Waals surface area (Å²) in [7, 11) is 0. The third kappa shape index (κ3) is 5.72. The van der Waals surface area contributed by atoms with Gasteiger partial charge in [-0.25, -0.2) is 0 Å². The largest absolute Gasteiger partial charge is 0.493 e. The Morgan fingerprint density at radius 1 is 0.949 bits per heavy atom. The lowest BCUT2D eigenvalue weighted by Gasteiger charge is -2.20. The van der Waals surface area contributed by atoms with Crippen molar-refractivity contribution in [1.29, 1.82) is 0 Å². The Bertz CT molecular complexity index is 1450. The molecule has 1 atom stereocenters. The molecule has 0 bridgehead atoms. The highest BCUT2D eigenvalue weighted by Crippen LogP contribution is 2.36. The third-order valence-corrected chi connectivity index (χ3v) is 7.12. The van der Waals surface area contributed by atoms with Gasteiger partial charge in [-0.1, -0.05) is 6.07 Å². The number of hydrogen-bond donors (Lipinski definition) is 0. The second-order valence-electron chi connectivity index (χ2n) is 9.91. The van der Waals surface area contributed by atoms with Crippen molar-refractivity contribution in [3.63, 3.8) is 0 Å². The first-order valence-corrected chi connectivity index (χ1v) is 13.1. The van der Waals surface area contributed by atoms with E-state index in [0.29, 0.717) is 48.1 Å². The number of carbonyl (C=O) groups is 1. The van der Waals surface area contributed by atoms with Gasteiger partial charge in [0.15, 0.2) is 0 Å². The maximum atomic E-state index is 13.0. The number of benzene rings is 3. The van der Waals surface area contributed by atoms with Crippen molar-refractivity contribution in [1.82, 2.24) is 4.90 Å². The first-order chi connectivity index (χ1) is 18.8.